The SMILES string of the molecule is C.C.CCNC(=O)[C@]12CCC(C)(C)C[C@H]1[C@@]1(O)C(=O)C=C3[C@@]4(C)Cc5cnoc5C(C)(C)[C@@H]4CC[C@@]3(C)[C@]1(C)CC2.[3H]C.[C-]#[N+]C1=C(O)C(C)(C)[C@@H]2CC[C@]3(C)C(=CC(=O)[C@]4(O)[C@@H]5CC(C)(C)CC[C@]5(C(=O)NCC)CC[C@@]34C)[C@@]2(C)C1.[C-]#[N+]C1=C[C@]2(C)C3=CC(=O)[C@]4(O)[C@@H]5CC(C)(C)CC[C@]5(C(=O)NCC)CC[C@@]4(C)[C@]3(C)CC[C@H]2C(C)(C)C1=O. The number of Topliss-reactive ketones (excluding diaryl/α,β-unsaturated/α-hetero) is 1. The van der Waals surface area contributed by atoms with Gasteiger partial charge < -0.3 is 45.7 Å². The van der Waals surface area contributed by atoms with E-state index in [1.165, 1.54) is 13.0 Å². The van der Waals surface area contributed by atoms with Gasteiger partial charge >= 0.3 is 0 Å². The van der Waals surface area contributed by atoms with E-state index < -0.39 is 99.5 Å². The first kappa shape index (κ1) is 92.8. The lowest BCUT2D eigenvalue weighted by molar-refractivity contribution is -0.244. The van der Waals surface area contributed by atoms with Gasteiger partial charge in [-0.3, -0.25) is 28.8 Å². The number of allylic oxidation sites excluding steroid dienone is 7. The zero-order valence-electron chi connectivity index (χ0n) is 77.6. The van der Waals surface area contributed by atoms with Crippen molar-refractivity contribution >= 4 is 40.9 Å². The second-order valence-corrected chi connectivity index (χ2v) is 46.8. The van der Waals surface area contributed by atoms with Crippen LogP contribution in [0.4, 0.5) is 0 Å². The molecule has 0 aromatic carbocycles. The van der Waals surface area contributed by atoms with E-state index in [-0.39, 0.29) is 111 Å². The van der Waals surface area contributed by atoms with Gasteiger partial charge in [0.15, 0.2) is 23.1 Å². The van der Waals surface area contributed by atoms with Crippen LogP contribution in [0.1, 0.15) is 342 Å². The summed E-state index contributed by atoms with van der Waals surface area (Å²) in [6.07, 6.45) is 25.8. The molecule has 0 spiro atoms. The van der Waals surface area contributed by atoms with E-state index in [2.05, 4.69) is 149 Å². The van der Waals surface area contributed by atoms with Gasteiger partial charge in [-0.05, 0) is 248 Å². The number of amides is 3. The Kier molecular flexibility index (Phi) is 22.3. The number of hydrogen-bond donors (Lipinski definition) is 7. The average Bonchev–Trinajstić information content (AvgIpc) is 1.09. The molecule has 16 rings (SSSR count). The number of hydrogen-bond acceptors (Lipinski definition) is 13. The summed E-state index contributed by atoms with van der Waals surface area (Å²) in [6, 6.07) is 0. The summed E-state index contributed by atoms with van der Waals surface area (Å²) in [5, 5.41) is 63.4. The van der Waals surface area contributed by atoms with Crippen molar-refractivity contribution in [2.45, 2.75) is 358 Å². The van der Waals surface area contributed by atoms with Crippen LogP contribution in [-0.4, -0.2) is 103 Å². The molecule has 7 N–H and O–H groups in total. The van der Waals surface area contributed by atoms with Crippen molar-refractivity contribution in [3.8, 4) is 0 Å². The lowest BCUT2D eigenvalue weighted by Gasteiger charge is -2.71. The molecule has 18 heteroatoms. The largest absolute Gasteiger partial charge is 0.523 e. The van der Waals surface area contributed by atoms with Gasteiger partial charge in [0.1, 0.15) is 28.3 Å². The van der Waals surface area contributed by atoms with Gasteiger partial charge in [0.2, 0.25) is 29.1 Å². The van der Waals surface area contributed by atoms with Crippen molar-refractivity contribution in [1.82, 2.24) is 21.1 Å². The molecule has 664 valence electrons. The maximum atomic E-state index is 14.6. The highest BCUT2D eigenvalue weighted by Crippen LogP contribution is 2.81. The number of aliphatic hydroxyl groups is 4. The molecule has 21 atom stereocenters. The number of aromatic nitrogens is 1. The molecule has 18 nitrogen and oxygen atoms in total. The molecule has 15 aliphatic rings. The van der Waals surface area contributed by atoms with E-state index in [0.717, 1.165) is 99.5 Å². The molecule has 120 heavy (non-hydrogen) atoms. The molecular formula is C102H154N6O12. The fourth-order valence-corrected chi connectivity index (χ4v) is 32.0. The Morgan fingerprint density at radius 2 is 0.792 bits per heavy atom. The Labute approximate surface area is 722 Å². The number of ketones is 4. The molecule has 15 aliphatic carbocycles. The van der Waals surface area contributed by atoms with Crippen LogP contribution in [0.5, 0.6) is 0 Å². The highest BCUT2D eigenvalue weighted by atomic mass is 16.5. The van der Waals surface area contributed by atoms with E-state index in [1.807, 2.05) is 66.8 Å². The summed E-state index contributed by atoms with van der Waals surface area (Å²) >= 11 is 0. The highest BCUT2D eigenvalue weighted by Gasteiger charge is 2.81. The van der Waals surface area contributed by atoms with Gasteiger partial charge in [0.05, 0.1) is 35.6 Å². The minimum Gasteiger partial charge on any atom is -0.523 e. The van der Waals surface area contributed by atoms with Gasteiger partial charge in [-0.2, -0.15) is 0 Å². The van der Waals surface area contributed by atoms with Crippen LogP contribution in [0.2, 0.25) is 0 Å². The first-order valence-electron chi connectivity index (χ1n) is 46.1. The molecule has 9 saturated carbocycles. The molecule has 0 bridgehead atoms. The number of carbonyl (C=O) groups excluding carboxylic acids is 7. The number of carbonyl (C=O) groups is 7. The molecular weight excluding hydrogens is 1500 g/mol. The first-order valence-corrected chi connectivity index (χ1v) is 45.1. The Morgan fingerprint density at radius 3 is 1.15 bits per heavy atom. The maximum Gasteiger partial charge on any atom is 0.226 e. The fraction of sp³-hybridized carbons (Fsp3) is 0.784. The fourth-order valence-electron chi connectivity index (χ4n) is 32.0. The zero-order valence-corrected chi connectivity index (χ0v) is 76.6. The molecule has 9 fully saturated rings. The highest BCUT2D eigenvalue weighted by molar-refractivity contribution is 6.05. The van der Waals surface area contributed by atoms with Crippen molar-refractivity contribution in [2.24, 2.45) is 128 Å². The van der Waals surface area contributed by atoms with Gasteiger partial charge in [-0.15, -0.1) is 0 Å². The van der Waals surface area contributed by atoms with E-state index in [0.29, 0.717) is 102 Å². The van der Waals surface area contributed by atoms with E-state index in [1.54, 1.807) is 12.2 Å². The van der Waals surface area contributed by atoms with E-state index in [4.69, 9.17) is 19.0 Å². The Morgan fingerprint density at radius 1 is 0.458 bits per heavy atom. The quantitative estimate of drug-likeness (QED) is 0.131. The van der Waals surface area contributed by atoms with Crippen molar-refractivity contribution in [3.05, 3.63) is 98.5 Å². The van der Waals surface area contributed by atoms with Gasteiger partial charge in [-0.25, -0.2) is 9.69 Å². The summed E-state index contributed by atoms with van der Waals surface area (Å²) in [5.74, 6) is -0.732. The smallest absolute Gasteiger partial charge is 0.226 e. The number of nitrogens with zero attached hydrogens (tertiary/aromatic N) is 3. The van der Waals surface area contributed by atoms with Crippen LogP contribution < -0.4 is 16.0 Å². The third-order valence-corrected chi connectivity index (χ3v) is 39.2. The second-order valence-electron chi connectivity index (χ2n) is 46.8. The molecule has 0 saturated heterocycles. The summed E-state index contributed by atoms with van der Waals surface area (Å²) in [4.78, 5) is 106. The van der Waals surface area contributed by atoms with Crippen LogP contribution in [0, 0.1) is 141 Å². The van der Waals surface area contributed by atoms with Crippen LogP contribution in [0.25, 0.3) is 9.69 Å². The summed E-state index contributed by atoms with van der Waals surface area (Å²) in [6.45, 7) is 68.3. The Hall–Kier alpha value is -6.34. The number of fused-ring (bicyclic) bond motifs is 22. The van der Waals surface area contributed by atoms with Crippen LogP contribution in [-0.2, 0) is 45.4 Å². The van der Waals surface area contributed by atoms with Gasteiger partial charge in [-0.1, -0.05) is 196 Å². The molecule has 1 aromatic rings. The van der Waals surface area contributed by atoms with Crippen molar-refractivity contribution in [1.29, 1.82) is 0 Å². The van der Waals surface area contributed by atoms with Crippen molar-refractivity contribution in [2.75, 3.05) is 19.6 Å². The minimum atomic E-state index is -1.68. The van der Waals surface area contributed by atoms with Crippen LogP contribution in [0.15, 0.2) is 68.9 Å². The number of nitrogens with one attached hydrogen (secondary N) is 3. The molecule has 0 aliphatic heterocycles. The Bertz CT molecular complexity index is 4710. The third kappa shape index (κ3) is 11.6. The average molecular weight is 1660 g/mol. The Balaban J connectivity index is 0.000000174. The summed E-state index contributed by atoms with van der Waals surface area (Å²) in [7, 11) is 1.25. The molecule has 0 unspecified atom stereocenters. The van der Waals surface area contributed by atoms with Gasteiger partial charge in [0, 0.05) is 82.2 Å². The monoisotopic (exact) mass is 1660 g/mol. The normalized spacial score (nSPS) is 44.7. The van der Waals surface area contributed by atoms with Crippen molar-refractivity contribution in [3.63, 3.8) is 0 Å². The number of rotatable bonds is 6. The molecule has 0 radical (unpaired) electrons. The van der Waals surface area contributed by atoms with Crippen LogP contribution >= 0.6 is 0 Å². The molecule has 1 aromatic heterocycles. The standard InChI is InChI=1S/2C33H48N2O4.C33H46N2O4.3CH4/c1-9-34-26(37)32-14-12-27(2,3)18-23(32)33(38)24(36)16-22-29(6)17-20-19-35-39-25(20)28(4,5)21(29)10-11-30(22,7)31(33,8)13-15-32;2*1-10-35-26(38)32-15-13-27(2,3)19-23(32)33(39)24(36)17-22-29(6)18-20(34-9)25(37)28(4,5)21(29)11-12-30(22,7)31(33,8)14-16-32;;;/h16,19,21,23,38H,9-15,17-18H2,1-8H3,(H,34,37);17,21,23,37,39H,10-16,18-19H2,1-8H3,(H,35,38);17-18,21,23,39H,10-16,19H2,1-8H3,(H,35,38);3*1H4/t3*21-,23+,29-,30+,31-,32-,33+;;;/m000.../s1/i;;;1T;;. The molecule has 3 amide bonds. The van der Waals surface area contributed by atoms with E-state index in [9.17, 15) is 54.0 Å². The van der Waals surface area contributed by atoms with Gasteiger partial charge in [0.25, 0.3) is 0 Å². The zero-order chi connectivity index (χ0) is 88.5. The van der Waals surface area contributed by atoms with Crippen LogP contribution in [0.3, 0.4) is 0 Å². The lowest BCUT2D eigenvalue weighted by atomic mass is 9.32. The second kappa shape index (κ2) is 28.8. The van der Waals surface area contributed by atoms with Crippen molar-refractivity contribution < 1.29 is 59.9 Å². The number of aliphatic hydroxyl groups excluding tert-OH is 1. The maximum absolute atomic E-state index is 14.6. The lowest BCUT2D eigenvalue weighted by Crippen LogP contribution is -2.75. The predicted octanol–water partition coefficient (Wildman–Crippen LogP) is 20.2. The summed E-state index contributed by atoms with van der Waals surface area (Å²) in [5.41, 5.74) is -8.97. The first-order chi connectivity index (χ1) is 54.9. The minimum absolute atomic E-state index is 0. The summed E-state index contributed by atoms with van der Waals surface area (Å²) < 4.78 is 11.5. The molecule has 1 heterocycles. The predicted molar refractivity (Wildman–Crippen MR) is 471 cm³/mol. The topological polar surface area (TPSA) is 271 Å². The van der Waals surface area contributed by atoms with E-state index >= 15 is 0 Å². The third-order valence-electron chi connectivity index (χ3n) is 39.2.